The van der Waals surface area contributed by atoms with E-state index in [1.807, 2.05) is 0 Å². The van der Waals surface area contributed by atoms with Gasteiger partial charge in [0.15, 0.2) is 5.82 Å². The predicted molar refractivity (Wildman–Crippen MR) is 82.6 cm³/mol. The molecular formula is C15H17ClN4. The average Bonchev–Trinajstić information content (AvgIpc) is 2.49. The summed E-state index contributed by atoms with van der Waals surface area (Å²) < 4.78 is 0. The Morgan fingerprint density at radius 1 is 1.05 bits per heavy atom. The summed E-state index contributed by atoms with van der Waals surface area (Å²) in [7, 11) is 0. The number of halogens is 1. The number of benzene rings is 1. The summed E-state index contributed by atoms with van der Waals surface area (Å²) in [6.07, 6.45) is 3.20. The standard InChI is InChI=1S/C15H17ClN4/c1-12-4-2-3-5-14(12)19-6-8-20(9-7-19)15-13(16)10-17-11-18-15/h2-5,10-11H,6-9H2,1H3. The molecule has 0 bridgehead atoms. The summed E-state index contributed by atoms with van der Waals surface area (Å²) in [4.78, 5) is 12.9. The van der Waals surface area contributed by atoms with Crippen LogP contribution in [0, 0.1) is 6.92 Å². The van der Waals surface area contributed by atoms with Gasteiger partial charge in [0.05, 0.1) is 6.20 Å². The smallest absolute Gasteiger partial charge is 0.150 e. The Kier molecular flexibility index (Phi) is 3.74. The maximum Gasteiger partial charge on any atom is 0.150 e. The second-order valence-corrected chi connectivity index (χ2v) is 5.36. The molecule has 0 radical (unpaired) electrons. The number of hydrogen-bond acceptors (Lipinski definition) is 4. The molecule has 20 heavy (non-hydrogen) atoms. The molecule has 0 N–H and O–H groups in total. The van der Waals surface area contributed by atoms with Crippen LogP contribution >= 0.6 is 11.6 Å². The lowest BCUT2D eigenvalue weighted by molar-refractivity contribution is 0.645. The third-order valence-electron chi connectivity index (χ3n) is 3.68. The summed E-state index contributed by atoms with van der Waals surface area (Å²) in [5, 5.41) is 0.622. The van der Waals surface area contributed by atoms with Gasteiger partial charge in [-0.1, -0.05) is 29.8 Å². The molecule has 5 heteroatoms. The van der Waals surface area contributed by atoms with Crippen molar-refractivity contribution in [3.05, 3.63) is 47.4 Å². The van der Waals surface area contributed by atoms with Crippen LogP contribution < -0.4 is 9.80 Å². The van der Waals surface area contributed by atoms with E-state index in [0.717, 1.165) is 32.0 Å². The Bertz CT molecular complexity index is 540. The van der Waals surface area contributed by atoms with Gasteiger partial charge in [0.2, 0.25) is 0 Å². The minimum absolute atomic E-state index is 0.622. The third-order valence-corrected chi connectivity index (χ3v) is 3.95. The van der Waals surface area contributed by atoms with Crippen molar-refractivity contribution in [2.24, 2.45) is 0 Å². The normalized spacial score (nSPS) is 15.5. The molecule has 104 valence electrons. The van der Waals surface area contributed by atoms with Crippen LogP contribution in [-0.2, 0) is 0 Å². The Morgan fingerprint density at radius 2 is 1.75 bits per heavy atom. The highest BCUT2D eigenvalue weighted by molar-refractivity contribution is 6.32. The number of nitrogens with zero attached hydrogens (tertiary/aromatic N) is 4. The van der Waals surface area contributed by atoms with Gasteiger partial charge in [-0.25, -0.2) is 9.97 Å². The molecule has 0 aliphatic carbocycles. The highest BCUT2D eigenvalue weighted by Crippen LogP contribution is 2.25. The molecule has 2 aromatic rings. The van der Waals surface area contributed by atoms with Crippen LogP contribution in [0.5, 0.6) is 0 Å². The molecule has 4 nitrogen and oxygen atoms in total. The van der Waals surface area contributed by atoms with Crippen molar-refractivity contribution < 1.29 is 0 Å². The highest BCUT2D eigenvalue weighted by Gasteiger charge is 2.20. The monoisotopic (exact) mass is 288 g/mol. The summed E-state index contributed by atoms with van der Waals surface area (Å²) in [6, 6.07) is 8.51. The van der Waals surface area contributed by atoms with Crippen LogP contribution in [0.1, 0.15) is 5.56 Å². The van der Waals surface area contributed by atoms with Crippen LogP contribution in [0.15, 0.2) is 36.8 Å². The number of aromatic nitrogens is 2. The van der Waals surface area contributed by atoms with E-state index in [4.69, 9.17) is 11.6 Å². The van der Waals surface area contributed by atoms with Crippen molar-refractivity contribution in [1.29, 1.82) is 0 Å². The molecule has 0 spiro atoms. The van der Waals surface area contributed by atoms with Crippen molar-refractivity contribution in [2.45, 2.75) is 6.92 Å². The summed E-state index contributed by atoms with van der Waals surface area (Å²) in [6.45, 7) is 5.95. The minimum atomic E-state index is 0.622. The summed E-state index contributed by atoms with van der Waals surface area (Å²) in [5.41, 5.74) is 2.64. The van der Waals surface area contributed by atoms with Crippen molar-refractivity contribution in [2.75, 3.05) is 36.0 Å². The number of para-hydroxylation sites is 1. The second kappa shape index (κ2) is 5.67. The molecule has 1 fully saturated rings. The van der Waals surface area contributed by atoms with Crippen molar-refractivity contribution in [1.82, 2.24) is 9.97 Å². The zero-order valence-corrected chi connectivity index (χ0v) is 12.2. The van der Waals surface area contributed by atoms with Crippen LogP contribution in [0.25, 0.3) is 0 Å². The quantitative estimate of drug-likeness (QED) is 0.851. The first-order valence-electron chi connectivity index (χ1n) is 6.77. The number of anilines is 2. The molecule has 2 heterocycles. The van der Waals surface area contributed by atoms with Crippen molar-refractivity contribution in [3.8, 4) is 0 Å². The fraction of sp³-hybridized carbons (Fsp3) is 0.333. The minimum Gasteiger partial charge on any atom is -0.368 e. The largest absolute Gasteiger partial charge is 0.368 e. The highest BCUT2D eigenvalue weighted by atomic mass is 35.5. The summed E-state index contributed by atoms with van der Waals surface area (Å²) >= 11 is 6.16. The maximum absolute atomic E-state index is 6.16. The lowest BCUT2D eigenvalue weighted by Gasteiger charge is -2.37. The molecule has 0 amide bonds. The van der Waals surface area contributed by atoms with Gasteiger partial charge in [-0.3, -0.25) is 0 Å². The van der Waals surface area contributed by atoms with Gasteiger partial charge in [-0.2, -0.15) is 0 Å². The predicted octanol–water partition coefficient (Wildman–Crippen LogP) is 2.77. The van der Waals surface area contributed by atoms with Gasteiger partial charge in [-0.15, -0.1) is 0 Å². The Hall–Kier alpha value is -1.81. The van der Waals surface area contributed by atoms with Gasteiger partial charge in [-0.05, 0) is 18.6 Å². The number of hydrogen-bond donors (Lipinski definition) is 0. The number of aryl methyl sites for hydroxylation is 1. The van der Waals surface area contributed by atoms with Gasteiger partial charge < -0.3 is 9.80 Å². The van der Waals surface area contributed by atoms with E-state index < -0.39 is 0 Å². The van der Waals surface area contributed by atoms with Crippen molar-refractivity contribution >= 4 is 23.1 Å². The van der Waals surface area contributed by atoms with Crippen LogP contribution in [0.2, 0.25) is 5.02 Å². The Labute approximate surface area is 124 Å². The van der Waals surface area contributed by atoms with Crippen molar-refractivity contribution in [3.63, 3.8) is 0 Å². The first kappa shape index (κ1) is 13.2. The molecule has 3 rings (SSSR count). The first-order valence-corrected chi connectivity index (χ1v) is 7.14. The number of rotatable bonds is 2. The molecule has 1 aromatic heterocycles. The van der Waals surface area contributed by atoms with Gasteiger partial charge >= 0.3 is 0 Å². The SMILES string of the molecule is Cc1ccccc1N1CCN(c2ncncc2Cl)CC1. The van der Waals surface area contributed by atoms with E-state index in [-0.39, 0.29) is 0 Å². The molecule has 0 saturated carbocycles. The fourth-order valence-corrected chi connectivity index (χ4v) is 2.84. The van der Waals surface area contributed by atoms with Gasteiger partial charge in [0, 0.05) is 31.9 Å². The van der Waals surface area contributed by atoms with Crippen LogP contribution in [-0.4, -0.2) is 36.1 Å². The Morgan fingerprint density at radius 3 is 2.45 bits per heavy atom. The molecular weight excluding hydrogens is 272 g/mol. The van der Waals surface area contributed by atoms with Crippen LogP contribution in [0.4, 0.5) is 11.5 Å². The fourth-order valence-electron chi connectivity index (χ4n) is 2.62. The average molecular weight is 289 g/mol. The van der Waals surface area contributed by atoms with E-state index in [0.29, 0.717) is 5.02 Å². The zero-order valence-electron chi connectivity index (χ0n) is 11.5. The lowest BCUT2D eigenvalue weighted by atomic mass is 10.1. The second-order valence-electron chi connectivity index (χ2n) is 4.95. The Balaban J connectivity index is 1.72. The molecule has 0 atom stereocenters. The lowest BCUT2D eigenvalue weighted by Crippen LogP contribution is -2.47. The summed E-state index contributed by atoms with van der Waals surface area (Å²) in [5.74, 6) is 0.839. The molecule has 1 aromatic carbocycles. The van der Waals surface area contributed by atoms with E-state index >= 15 is 0 Å². The maximum atomic E-state index is 6.16. The molecule has 1 saturated heterocycles. The molecule has 1 aliphatic heterocycles. The van der Waals surface area contributed by atoms with E-state index in [2.05, 4.69) is 51.0 Å². The van der Waals surface area contributed by atoms with E-state index in [9.17, 15) is 0 Å². The third kappa shape index (κ3) is 2.56. The number of piperazine rings is 1. The molecule has 0 unspecified atom stereocenters. The van der Waals surface area contributed by atoms with Gasteiger partial charge in [0.25, 0.3) is 0 Å². The van der Waals surface area contributed by atoms with E-state index in [1.54, 1.807) is 12.5 Å². The van der Waals surface area contributed by atoms with Crippen LogP contribution in [0.3, 0.4) is 0 Å². The van der Waals surface area contributed by atoms with Gasteiger partial charge in [0.1, 0.15) is 11.3 Å². The molecule has 1 aliphatic rings. The van der Waals surface area contributed by atoms with E-state index in [1.165, 1.54) is 11.3 Å². The zero-order chi connectivity index (χ0) is 13.9. The first-order chi connectivity index (χ1) is 9.75. The topological polar surface area (TPSA) is 32.3 Å².